The highest BCUT2D eigenvalue weighted by atomic mass is 35.5. The third kappa shape index (κ3) is 5.62. The van der Waals surface area contributed by atoms with Gasteiger partial charge in [0, 0.05) is 11.1 Å². The van der Waals surface area contributed by atoms with E-state index in [1.165, 1.54) is 12.1 Å². The Kier molecular flexibility index (Phi) is 7.81. The molecular formula is C13H19Cl2NO3S2. The molecule has 0 saturated carbocycles. The molecule has 2 N–H and O–H groups in total. The van der Waals surface area contributed by atoms with Crippen LogP contribution in [0.2, 0.25) is 10.0 Å². The molecule has 1 atom stereocenters. The molecule has 0 radical (unpaired) electrons. The average molecular weight is 372 g/mol. The molecule has 0 fully saturated rings. The molecule has 0 aliphatic carbocycles. The Balaban J connectivity index is 2.95. The summed E-state index contributed by atoms with van der Waals surface area (Å²) in [5, 5.41) is 9.42. The third-order valence-corrected chi connectivity index (χ3v) is 6.12. The van der Waals surface area contributed by atoms with Crippen LogP contribution in [0.4, 0.5) is 0 Å². The predicted molar refractivity (Wildman–Crippen MR) is 89.8 cm³/mol. The Morgan fingerprint density at radius 3 is 2.62 bits per heavy atom. The van der Waals surface area contributed by atoms with Gasteiger partial charge in [-0.25, -0.2) is 13.1 Å². The van der Waals surface area contributed by atoms with Gasteiger partial charge in [-0.05, 0) is 42.5 Å². The van der Waals surface area contributed by atoms with E-state index in [0.717, 1.165) is 17.9 Å². The lowest BCUT2D eigenvalue weighted by Crippen LogP contribution is -2.33. The van der Waals surface area contributed by atoms with Crippen LogP contribution in [-0.4, -0.2) is 31.1 Å². The van der Waals surface area contributed by atoms with Gasteiger partial charge in [-0.15, -0.1) is 0 Å². The Bertz CT molecular complexity index is 579. The second-order valence-electron chi connectivity index (χ2n) is 4.54. The number of thioether (sulfide) groups is 1. The quantitative estimate of drug-likeness (QED) is 0.688. The number of nitrogens with one attached hydrogen (secondary N) is 1. The molecule has 0 heterocycles. The topological polar surface area (TPSA) is 66.4 Å². The summed E-state index contributed by atoms with van der Waals surface area (Å²) in [6, 6.07) is 2.53. The third-order valence-electron chi connectivity index (χ3n) is 2.79. The van der Waals surface area contributed by atoms with Crippen molar-refractivity contribution < 1.29 is 13.5 Å². The maximum absolute atomic E-state index is 12.4. The van der Waals surface area contributed by atoms with Crippen molar-refractivity contribution in [3.63, 3.8) is 0 Å². The molecule has 0 aromatic heterocycles. The molecule has 4 nitrogen and oxygen atoms in total. The normalized spacial score (nSPS) is 13.4. The van der Waals surface area contributed by atoms with E-state index >= 15 is 0 Å². The summed E-state index contributed by atoms with van der Waals surface area (Å²) in [5.74, 6) is 1.88. The fourth-order valence-corrected chi connectivity index (χ4v) is 4.73. The summed E-state index contributed by atoms with van der Waals surface area (Å²) in [7, 11) is -3.77. The number of aliphatic hydroxyl groups excluding tert-OH is 1. The number of rotatable bonds is 8. The SMILES string of the molecule is CCSCCC(C)NS(=O)(=O)c1cc(Cl)cc(CO)c1Cl. The minimum absolute atomic E-state index is 0.00420. The van der Waals surface area contributed by atoms with Crippen molar-refractivity contribution in [2.24, 2.45) is 0 Å². The monoisotopic (exact) mass is 371 g/mol. The van der Waals surface area contributed by atoms with Crippen LogP contribution in [0, 0.1) is 0 Å². The zero-order chi connectivity index (χ0) is 16.0. The van der Waals surface area contributed by atoms with Gasteiger partial charge in [0.05, 0.1) is 11.6 Å². The van der Waals surface area contributed by atoms with Crippen molar-refractivity contribution in [2.45, 2.75) is 37.8 Å². The van der Waals surface area contributed by atoms with E-state index in [9.17, 15) is 13.5 Å². The second-order valence-corrected chi connectivity index (χ2v) is 8.43. The van der Waals surface area contributed by atoms with E-state index in [1.54, 1.807) is 18.7 Å². The molecule has 120 valence electrons. The van der Waals surface area contributed by atoms with Crippen LogP contribution in [0.5, 0.6) is 0 Å². The van der Waals surface area contributed by atoms with Gasteiger partial charge in [-0.1, -0.05) is 30.1 Å². The molecule has 0 amide bonds. The van der Waals surface area contributed by atoms with Crippen molar-refractivity contribution in [1.29, 1.82) is 0 Å². The molecule has 1 unspecified atom stereocenters. The van der Waals surface area contributed by atoms with Gasteiger partial charge >= 0.3 is 0 Å². The summed E-state index contributed by atoms with van der Waals surface area (Å²) in [6.07, 6.45) is 0.725. The molecule has 21 heavy (non-hydrogen) atoms. The van der Waals surface area contributed by atoms with Crippen molar-refractivity contribution in [3.8, 4) is 0 Å². The van der Waals surface area contributed by atoms with E-state index in [1.807, 2.05) is 0 Å². The Labute approximate surface area is 140 Å². The van der Waals surface area contributed by atoms with Gasteiger partial charge in [0.15, 0.2) is 0 Å². The number of hydrogen-bond acceptors (Lipinski definition) is 4. The lowest BCUT2D eigenvalue weighted by Gasteiger charge is -2.16. The Hall–Kier alpha value is 0.0200. The van der Waals surface area contributed by atoms with Gasteiger partial charge < -0.3 is 5.11 Å². The summed E-state index contributed by atoms with van der Waals surface area (Å²) >= 11 is 13.7. The molecule has 1 rings (SSSR count). The standard InChI is InChI=1S/C13H19Cl2NO3S2/c1-3-20-5-4-9(2)16-21(18,19)12-7-11(14)6-10(8-17)13(12)15/h6-7,9,16-17H,3-5,8H2,1-2H3. The lowest BCUT2D eigenvalue weighted by atomic mass is 10.2. The van der Waals surface area contributed by atoms with Gasteiger partial charge in [0.2, 0.25) is 10.0 Å². The number of hydrogen-bond donors (Lipinski definition) is 2. The number of halogens is 2. The maximum atomic E-state index is 12.4. The van der Waals surface area contributed by atoms with Crippen molar-refractivity contribution >= 4 is 45.0 Å². The van der Waals surface area contributed by atoms with E-state index < -0.39 is 10.0 Å². The first-order chi connectivity index (χ1) is 9.81. The first kappa shape index (κ1) is 19.1. The first-order valence-electron chi connectivity index (χ1n) is 6.50. The van der Waals surface area contributed by atoms with Crippen LogP contribution >= 0.6 is 35.0 Å². The Morgan fingerprint density at radius 1 is 1.38 bits per heavy atom. The van der Waals surface area contributed by atoms with Crippen LogP contribution < -0.4 is 4.72 Å². The lowest BCUT2D eigenvalue weighted by molar-refractivity contribution is 0.281. The molecule has 0 bridgehead atoms. The van der Waals surface area contributed by atoms with E-state index in [4.69, 9.17) is 23.2 Å². The van der Waals surface area contributed by atoms with Crippen molar-refractivity contribution in [2.75, 3.05) is 11.5 Å². The largest absolute Gasteiger partial charge is 0.392 e. The van der Waals surface area contributed by atoms with Crippen LogP contribution in [0.1, 0.15) is 25.8 Å². The average Bonchev–Trinajstić information content (AvgIpc) is 2.40. The van der Waals surface area contributed by atoms with E-state index in [2.05, 4.69) is 11.6 Å². The summed E-state index contributed by atoms with van der Waals surface area (Å²) < 4.78 is 27.3. The van der Waals surface area contributed by atoms with Crippen LogP contribution in [0.25, 0.3) is 0 Å². The molecule has 0 aliphatic rings. The van der Waals surface area contributed by atoms with Crippen molar-refractivity contribution in [3.05, 3.63) is 27.7 Å². The highest BCUT2D eigenvalue weighted by Crippen LogP contribution is 2.29. The van der Waals surface area contributed by atoms with Gasteiger partial charge in [0.1, 0.15) is 4.90 Å². The fourth-order valence-electron chi connectivity index (χ4n) is 1.72. The van der Waals surface area contributed by atoms with Crippen molar-refractivity contribution in [1.82, 2.24) is 4.72 Å². The smallest absolute Gasteiger partial charge is 0.242 e. The second kappa shape index (κ2) is 8.60. The van der Waals surface area contributed by atoms with Crippen LogP contribution in [0.3, 0.4) is 0 Å². The molecule has 1 aromatic carbocycles. The maximum Gasteiger partial charge on any atom is 0.242 e. The summed E-state index contributed by atoms with van der Waals surface area (Å²) in [6.45, 7) is 3.49. The zero-order valence-corrected chi connectivity index (χ0v) is 15.0. The van der Waals surface area contributed by atoms with E-state index in [-0.39, 0.29) is 27.6 Å². The summed E-state index contributed by atoms with van der Waals surface area (Å²) in [5.41, 5.74) is 0.290. The molecule has 0 saturated heterocycles. The fraction of sp³-hybridized carbons (Fsp3) is 0.538. The number of sulfonamides is 1. The van der Waals surface area contributed by atoms with Crippen LogP contribution in [-0.2, 0) is 16.6 Å². The van der Waals surface area contributed by atoms with Gasteiger partial charge in [-0.3, -0.25) is 0 Å². The molecule has 0 aliphatic heterocycles. The number of benzene rings is 1. The van der Waals surface area contributed by atoms with Gasteiger partial charge in [-0.2, -0.15) is 11.8 Å². The van der Waals surface area contributed by atoms with Gasteiger partial charge in [0.25, 0.3) is 0 Å². The predicted octanol–water partition coefficient (Wildman–Crippen LogP) is 3.30. The molecule has 0 spiro atoms. The summed E-state index contributed by atoms with van der Waals surface area (Å²) in [4.78, 5) is -0.101. The number of aliphatic hydroxyl groups is 1. The molecular weight excluding hydrogens is 353 g/mol. The van der Waals surface area contributed by atoms with E-state index in [0.29, 0.717) is 5.56 Å². The molecule has 8 heteroatoms. The molecule has 1 aromatic rings. The first-order valence-corrected chi connectivity index (χ1v) is 9.90. The highest BCUT2D eigenvalue weighted by Gasteiger charge is 2.22. The minimum atomic E-state index is -3.77. The zero-order valence-electron chi connectivity index (χ0n) is 11.9. The van der Waals surface area contributed by atoms with Crippen LogP contribution in [0.15, 0.2) is 17.0 Å². The highest BCUT2D eigenvalue weighted by molar-refractivity contribution is 7.99. The minimum Gasteiger partial charge on any atom is -0.392 e. The Morgan fingerprint density at radius 2 is 2.05 bits per heavy atom.